The molecule has 9 nitrogen and oxygen atoms in total. The van der Waals surface area contributed by atoms with Crippen LogP contribution < -0.4 is 14.8 Å². The van der Waals surface area contributed by atoms with Crippen molar-refractivity contribution >= 4 is 11.6 Å². The highest BCUT2D eigenvalue weighted by Crippen LogP contribution is 2.26. The van der Waals surface area contributed by atoms with E-state index in [2.05, 4.69) is 30.5 Å². The predicted octanol–water partition coefficient (Wildman–Crippen LogP) is 4.13. The molecule has 4 aromatic rings. The lowest BCUT2D eigenvalue weighted by Crippen LogP contribution is -2.06. The number of nitrogens with one attached hydrogen (secondary N) is 2. The van der Waals surface area contributed by atoms with Crippen LogP contribution in [0.15, 0.2) is 60.8 Å². The van der Waals surface area contributed by atoms with Gasteiger partial charge < -0.3 is 19.5 Å². The first-order valence-electron chi connectivity index (χ1n) is 9.69. The zero-order valence-electron chi connectivity index (χ0n) is 17.2. The molecule has 2 heterocycles. The van der Waals surface area contributed by atoms with Gasteiger partial charge in [0.05, 0.1) is 6.61 Å². The Morgan fingerprint density at radius 1 is 1.00 bits per heavy atom. The fraction of sp³-hybridized carbons (Fsp3) is 0.182. The molecule has 0 atom stereocenters. The van der Waals surface area contributed by atoms with Crippen LogP contribution in [0.3, 0.4) is 0 Å². The van der Waals surface area contributed by atoms with Gasteiger partial charge in [0, 0.05) is 30.6 Å². The summed E-state index contributed by atoms with van der Waals surface area (Å²) >= 11 is 0. The Balaban J connectivity index is 1.45. The van der Waals surface area contributed by atoms with Crippen molar-refractivity contribution in [3.8, 4) is 29.0 Å². The number of aryl methyl sites for hydroxylation is 1. The largest absolute Gasteiger partial charge is 0.461 e. The first kappa shape index (κ1) is 20.3. The Hall–Kier alpha value is -3.98. The first-order chi connectivity index (χ1) is 15.2. The Morgan fingerprint density at radius 2 is 1.90 bits per heavy atom. The number of aromatic nitrogens is 5. The van der Waals surface area contributed by atoms with E-state index in [4.69, 9.17) is 14.2 Å². The number of ether oxygens (including phenoxy) is 3. The van der Waals surface area contributed by atoms with Gasteiger partial charge in [-0.25, -0.2) is 4.98 Å². The van der Waals surface area contributed by atoms with Crippen LogP contribution in [0.2, 0.25) is 0 Å². The standard InChI is InChI=1S/C22H22N6O3/c1-15-5-3-7-17(13-15)24-21-26-20(27-28-21)16-6-4-8-18(14-16)31-19-9-10-23-22(25-19)30-12-11-29-2/h3-10,13-14H,11-12H2,1-2H3,(H2,24,26,27,28). The fourth-order valence-electron chi connectivity index (χ4n) is 2.79. The minimum Gasteiger partial charge on any atom is -0.461 e. The number of hydrogen-bond acceptors (Lipinski definition) is 8. The van der Waals surface area contributed by atoms with E-state index in [0.29, 0.717) is 36.6 Å². The second-order valence-corrected chi connectivity index (χ2v) is 6.65. The molecular formula is C22H22N6O3. The highest BCUT2D eigenvalue weighted by Gasteiger charge is 2.09. The van der Waals surface area contributed by atoms with Gasteiger partial charge in [-0.15, -0.1) is 5.10 Å². The van der Waals surface area contributed by atoms with E-state index in [0.717, 1.165) is 16.8 Å². The molecule has 9 heteroatoms. The molecule has 4 rings (SSSR count). The van der Waals surface area contributed by atoms with Gasteiger partial charge in [-0.3, -0.25) is 5.10 Å². The molecule has 31 heavy (non-hydrogen) atoms. The maximum absolute atomic E-state index is 5.86. The van der Waals surface area contributed by atoms with Crippen molar-refractivity contribution in [3.63, 3.8) is 0 Å². The lowest BCUT2D eigenvalue weighted by molar-refractivity contribution is 0.140. The van der Waals surface area contributed by atoms with Crippen molar-refractivity contribution in [2.24, 2.45) is 0 Å². The second-order valence-electron chi connectivity index (χ2n) is 6.65. The van der Waals surface area contributed by atoms with E-state index < -0.39 is 0 Å². The Bertz CT molecular complexity index is 1150. The average molecular weight is 418 g/mol. The van der Waals surface area contributed by atoms with Crippen molar-refractivity contribution in [1.82, 2.24) is 25.1 Å². The second kappa shape index (κ2) is 9.68. The number of methoxy groups -OCH3 is 1. The maximum atomic E-state index is 5.86. The Morgan fingerprint density at radius 3 is 2.77 bits per heavy atom. The van der Waals surface area contributed by atoms with Crippen LogP contribution in [0.25, 0.3) is 11.4 Å². The van der Waals surface area contributed by atoms with E-state index in [9.17, 15) is 0 Å². The highest BCUT2D eigenvalue weighted by molar-refractivity contribution is 5.61. The third kappa shape index (κ3) is 5.55. The molecule has 2 N–H and O–H groups in total. The molecule has 0 fully saturated rings. The number of nitrogens with zero attached hydrogens (tertiary/aromatic N) is 4. The summed E-state index contributed by atoms with van der Waals surface area (Å²) in [6, 6.07) is 17.4. The Labute approximate surface area is 179 Å². The van der Waals surface area contributed by atoms with Crippen molar-refractivity contribution in [1.29, 1.82) is 0 Å². The van der Waals surface area contributed by atoms with Crippen LogP contribution in [-0.2, 0) is 4.74 Å². The van der Waals surface area contributed by atoms with Gasteiger partial charge in [0.2, 0.25) is 11.8 Å². The minimum atomic E-state index is 0.229. The highest BCUT2D eigenvalue weighted by atomic mass is 16.5. The van der Waals surface area contributed by atoms with Gasteiger partial charge in [0.15, 0.2) is 5.82 Å². The summed E-state index contributed by atoms with van der Waals surface area (Å²) < 4.78 is 16.2. The quantitative estimate of drug-likeness (QED) is 0.391. The van der Waals surface area contributed by atoms with Crippen molar-refractivity contribution in [3.05, 3.63) is 66.4 Å². The number of rotatable bonds is 9. The van der Waals surface area contributed by atoms with Gasteiger partial charge in [-0.2, -0.15) is 9.97 Å². The van der Waals surface area contributed by atoms with Gasteiger partial charge in [0.25, 0.3) is 0 Å². The SMILES string of the molecule is COCCOc1nccc(Oc2cccc(-c3nc(Nc4cccc(C)c4)n[nH]3)c2)n1. The van der Waals surface area contributed by atoms with E-state index >= 15 is 0 Å². The topological polar surface area (TPSA) is 107 Å². The molecular weight excluding hydrogens is 396 g/mol. The summed E-state index contributed by atoms with van der Waals surface area (Å²) in [6.45, 7) is 2.85. The molecule has 0 spiro atoms. The summed E-state index contributed by atoms with van der Waals surface area (Å²) in [5.41, 5.74) is 2.91. The molecule has 0 saturated heterocycles. The molecule has 158 valence electrons. The molecule has 0 aliphatic heterocycles. The smallest absolute Gasteiger partial charge is 0.319 e. The molecule has 0 radical (unpaired) electrons. The van der Waals surface area contributed by atoms with E-state index in [1.807, 2.05) is 55.5 Å². The van der Waals surface area contributed by atoms with Crippen LogP contribution in [0.4, 0.5) is 11.6 Å². The summed E-state index contributed by atoms with van der Waals surface area (Å²) in [6.07, 6.45) is 1.58. The van der Waals surface area contributed by atoms with Gasteiger partial charge in [-0.05, 0) is 36.8 Å². The number of benzene rings is 2. The van der Waals surface area contributed by atoms with Crippen LogP contribution in [0.1, 0.15) is 5.56 Å². The van der Waals surface area contributed by atoms with Crippen LogP contribution in [0.5, 0.6) is 17.6 Å². The third-order valence-electron chi connectivity index (χ3n) is 4.22. The van der Waals surface area contributed by atoms with Crippen LogP contribution in [-0.4, -0.2) is 45.5 Å². The number of hydrogen-bond donors (Lipinski definition) is 2. The monoisotopic (exact) mass is 418 g/mol. The molecule has 0 bridgehead atoms. The first-order valence-corrected chi connectivity index (χ1v) is 9.69. The minimum absolute atomic E-state index is 0.229. The van der Waals surface area contributed by atoms with Crippen molar-refractivity contribution in [2.75, 3.05) is 25.6 Å². The number of H-pyrrole nitrogens is 1. The van der Waals surface area contributed by atoms with Crippen LogP contribution >= 0.6 is 0 Å². The summed E-state index contributed by atoms with van der Waals surface area (Å²) in [5.74, 6) is 2.08. The summed E-state index contributed by atoms with van der Waals surface area (Å²) in [4.78, 5) is 12.8. The third-order valence-corrected chi connectivity index (χ3v) is 4.22. The molecule has 0 aliphatic carbocycles. The Kier molecular flexibility index (Phi) is 6.34. The lowest BCUT2D eigenvalue weighted by atomic mass is 10.2. The average Bonchev–Trinajstić information content (AvgIpc) is 3.23. The molecule has 0 unspecified atom stereocenters. The van der Waals surface area contributed by atoms with Gasteiger partial charge in [-0.1, -0.05) is 24.3 Å². The van der Waals surface area contributed by atoms with E-state index in [1.165, 1.54) is 0 Å². The van der Waals surface area contributed by atoms with Gasteiger partial charge in [0.1, 0.15) is 12.4 Å². The van der Waals surface area contributed by atoms with E-state index in [1.54, 1.807) is 19.4 Å². The summed E-state index contributed by atoms with van der Waals surface area (Å²) in [5, 5.41) is 10.4. The molecule has 0 amide bonds. The summed E-state index contributed by atoms with van der Waals surface area (Å²) in [7, 11) is 1.60. The number of anilines is 2. The molecule has 0 aliphatic rings. The van der Waals surface area contributed by atoms with Crippen LogP contribution in [0, 0.1) is 6.92 Å². The van der Waals surface area contributed by atoms with Crippen molar-refractivity contribution < 1.29 is 14.2 Å². The predicted molar refractivity (Wildman–Crippen MR) is 116 cm³/mol. The zero-order valence-corrected chi connectivity index (χ0v) is 17.2. The molecule has 2 aromatic heterocycles. The molecule has 2 aromatic carbocycles. The normalized spacial score (nSPS) is 10.6. The lowest BCUT2D eigenvalue weighted by Gasteiger charge is -2.07. The zero-order chi connectivity index (χ0) is 21.5. The maximum Gasteiger partial charge on any atom is 0.319 e. The molecule has 0 saturated carbocycles. The van der Waals surface area contributed by atoms with E-state index in [-0.39, 0.29) is 6.01 Å². The van der Waals surface area contributed by atoms with Gasteiger partial charge >= 0.3 is 6.01 Å². The van der Waals surface area contributed by atoms with Crippen molar-refractivity contribution in [2.45, 2.75) is 6.92 Å². The fourth-order valence-corrected chi connectivity index (χ4v) is 2.79. The number of aromatic amines is 1.